The number of methoxy groups -OCH3 is 1. The van der Waals surface area contributed by atoms with Gasteiger partial charge in [0, 0.05) is 17.5 Å². The smallest absolute Gasteiger partial charge is 0.275 e. The van der Waals surface area contributed by atoms with Crippen LogP contribution in [0.1, 0.15) is 33.9 Å². The van der Waals surface area contributed by atoms with Crippen LogP contribution in [0.25, 0.3) is 0 Å². The molecule has 7 nitrogen and oxygen atoms in total. The minimum absolute atomic E-state index is 0.167. The maximum Gasteiger partial charge on any atom is 0.275 e. The largest absolute Gasteiger partial charge is 0.497 e. The normalized spacial score (nSPS) is 16.1. The molecule has 1 aliphatic rings. The number of amides is 1. The molecule has 0 unspecified atom stereocenters. The van der Waals surface area contributed by atoms with Crippen molar-refractivity contribution >= 4 is 38.7 Å². The maximum absolute atomic E-state index is 13.2. The zero-order chi connectivity index (χ0) is 22.0. The molecule has 4 rings (SSSR count). The van der Waals surface area contributed by atoms with Crippen LogP contribution >= 0.6 is 11.3 Å². The van der Waals surface area contributed by atoms with Gasteiger partial charge in [-0.25, -0.2) is 13.4 Å². The first-order valence-corrected chi connectivity index (χ1v) is 12.3. The lowest BCUT2D eigenvalue weighted by Gasteiger charge is -2.22. The molecule has 2 aromatic carbocycles. The van der Waals surface area contributed by atoms with Crippen LogP contribution in [0.5, 0.6) is 5.75 Å². The Morgan fingerprint density at radius 2 is 1.97 bits per heavy atom. The van der Waals surface area contributed by atoms with Crippen molar-refractivity contribution in [3.63, 3.8) is 0 Å². The number of hydrogen-bond acceptors (Lipinski definition) is 6. The number of ether oxygens (including phenoxy) is 1. The summed E-state index contributed by atoms with van der Waals surface area (Å²) < 4.78 is 30.7. The van der Waals surface area contributed by atoms with Gasteiger partial charge < -0.3 is 4.74 Å². The number of carbonyl (C=O) groups is 1. The van der Waals surface area contributed by atoms with Gasteiger partial charge in [-0.15, -0.1) is 0 Å². The first kappa shape index (κ1) is 21.1. The van der Waals surface area contributed by atoms with E-state index >= 15 is 0 Å². The molecule has 0 fully saturated rings. The highest BCUT2D eigenvalue weighted by molar-refractivity contribution is 7.92. The summed E-state index contributed by atoms with van der Waals surface area (Å²) in [7, 11) is -1.74. The molecule has 2 heterocycles. The lowest BCUT2D eigenvalue weighted by molar-refractivity contribution is 0.0711. The van der Waals surface area contributed by atoms with Crippen molar-refractivity contribution in [2.75, 3.05) is 18.1 Å². The van der Waals surface area contributed by atoms with Crippen molar-refractivity contribution in [3.8, 4) is 5.75 Å². The fourth-order valence-corrected chi connectivity index (χ4v) is 4.64. The number of thiophene rings is 1. The molecule has 9 heteroatoms. The molecule has 1 amide bonds. The Balaban J connectivity index is 1.67. The van der Waals surface area contributed by atoms with Crippen molar-refractivity contribution in [2.45, 2.75) is 12.5 Å². The van der Waals surface area contributed by atoms with E-state index in [4.69, 9.17) is 4.74 Å². The summed E-state index contributed by atoms with van der Waals surface area (Å²) in [6, 6.07) is 16.1. The van der Waals surface area contributed by atoms with Gasteiger partial charge in [0.2, 0.25) is 10.0 Å². The molecule has 0 bridgehead atoms. The summed E-state index contributed by atoms with van der Waals surface area (Å²) in [5.74, 6) is 0.546. The highest BCUT2D eigenvalue weighted by Gasteiger charge is 2.34. The third-order valence-electron chi connectivity index (χ3n) is 4.89. The van der Waals surface area contributed by atoms with Crippen LogP contribution in [0.3, 0.4) is 0 Å². The minimum atomic E-state index is -3.35. The van der Waals surface area contributed by atoms with Crippen molar-refractivity contribution in [1.29, 1.82) is 0 Å². The first-order chi connectivity index (χ1) is 14.8. The average Bonchev–Trinajstić information content (AvgIpc) is 3.43. The molecular formula is C22H21N3O4S2. The van der Waals surface area contributed by atoms with E-state index in [-0.39, 0.29) is 11.9 Å². The second-order valence-electron chi connectivity index (χ2n) is 7.16. The standard InChI is InChI=1S/C22H21N3O4S2/c1-29-19-5-3-4-16(12-19)21-13-20(23-25(21)22(26)17-10-11-30-14-17)15-6-8-18(9-7-15)24-31(2,27)28/h3-12,14,21,24H,13H2,1-2H3/t21-/m1/s1. The number of anilines is 1. The van der Waals surface area contributed by atoms with Crippen LogP contribution in [-0.4, -0.2) is 38.4 Å². The number of sulfonamides is 1. The predicted octanol–water partition coefficient (Wildman–Crippen LogP) is 4.12. The van der Waals surface area contributed by atoms with E-state index in [2.05, 4.69) is 9.82 Å². The van der Waals surface area contributed by atoms with Gasteiger partial charge >= 0.3 is 0 Å². The predicted molar refractivity (Wildman–Crippen MR) is 122 cm³/mol. The van der Waals surface area contributed by atoms with Crippen LogP contribution in [0.4, 0.5) is 5.69 Å². The molecule has 1 aliphatic heterocycles. The van der Waals surface area contributed by atoms with E-state index in [1.807, 2.05) is 35.0 Å². The Hall–Kier alpha value is -3.17. The number of benzene rings is 2. The second-order valence-corrected chi connectivity index (χ2v) is 9.69. The van der Waals surface area contributed by atoms with Crippen molar-refractivity contribution in [1.82, 2.24) is 5.01 Å². The van der Waals surface area contributed by atoms with E-state index in [1.54, 1.807) is 37.4 Å². The third-order valence-corrected chi connectivity index (χ3v) is 6.18. The zero-order valence-corrected chi connectivity index (χ0v) is 18.6. The van der Waals surface area contributed by atoms with Crippen LogP contribution in [0.2, 0.25) is 0 Å². The fourth-order valence-electron chi connectivity index (χ4n) is 3.44. The van der Waals surface area contributed by atoms with Gasteiger partial charge in [0.05, 0.1) is 30.7 Å². The topological polar surface area (TPSA) is 88.1 Å². The molecule has 160 valence electrons. The third kappa shape index (κ3) is 4.78. The molecule has 0 aliphatic carbocycles. The summed E-state index contributed by atoms with van der Waals surface area (Å²) in [5.41, 5.74) is 3.57. The van der Waals surface area contributed by atoms with Gasteiger partial charge in [-0.3, -0.25) is 9.52 Å². The highest BCUT2D eigenvalue weighted by Crippen LogP contribution is 2.35. The van der Waals surface area contributed by atoms with E-state index in [0.717, 1.165) is 23.1 Å². The monoisotopic (exact) mass is 455 g/mol. The summed E-state index contributed by atoms with van der Waals surface area (Å²) >= 11 is 1.46. The SMILES string of the molecule is COc1cccc([C@H]2CC(c3ccc(NS(C)(=O)=O)cc3)=NN2C(=O)c2ccsc2)c1. The quantitative estimate of drug-likeness (QED) is 0.606. The number of carbonyl (C=O) groups excluding carboxylic acids is 1. The first-order valence-electron chi connectivity index (χ1n) is 9.49. The molecule has 1 atom stereocenters. The number of rotatable bonds is 6. The zero-order valence-electron chi connectivity index (χ0n) is 17.0. The Bertz CT molecular complexity index is 1220. The molecule has 0 spiro atoms. The van der Waals surface area contributed by atoms with Crippen molar-refractivity contribution in [2.24, 2.45) is 5.10 Å². The second kappa shape index (κ2) is 8.52. The summed E-state index contributed by atoms with van der Waals surface area (Å²) in [4.78, 5) is 13.2. The van der Waals surface area contributed by atoms with Crippen molar-refractivity contribution < 1.29 is 17.9 Å². The van der Waals surface area contributed by atoms with Gasteiger partial charge in [-0.2, -0.15) is 16.4 Å². The van der Waals surface area contributed by atoms with Gasteiger partial charge in [0.15, 0.2) is 0 Å². The number of hydrogen-bond donors (Lipinski definition) is 1. The van der Waals surface area contributed by atoms with Crippen LogP contribution in [0.15, 0.2) is 70.5 Å². The van der Waals surface area contributed by atoms with Crippen LogP contribution < -0.4 is 9.46 Å². The Labute approximate surface area is 185 Å². The average molecular weight is 456 g/mol. The van der Waals surface area contributed by atoms with Crippen LogP contribution in [-0.2, 0) is 10.0 Å². The van der Waals surface area contributed by atoms with Crippen molar-refractivity contribution in [3.05, 3.63) is 82.0 Å². The van der Waals surface area contributed by atoms with Gasteiger partial charge in [-0.1, -0.05) is 24.3 Å². The molecule has 0 saturated carbocycles. The Morgan fingerprint density at radius 3 is 2.61 bits per heavy atom. The van der Waals surface area contributed by atoms with E-state index in [1.165, 1.54) is 16.3 Å². The van der Waals surface area contributed by atoms with Gasteiger partial charge in [0.25, 0.3) is 5.91 Å². The molecular weight excluding hydrogens is 434 g/mol. The minimum Gasteiger partial charge on any atom is -0.497 e. The molecule has 1 aromatic heterocycles. The molecule has 3 aromatic rings. The van der Waals surface area contributed by atoms with Gasteiger partial charge in [0.1, 0.15) is 5.75 Å². The fraction of sp³-hybridized carbons (Fsp3) is 0.182. The van der Waals surface area contributed by atoms with E-state index in [9.17, 15) is 13.2 Å². The van der Waals surface area contributed by atoms with Gasteiger partial charge in [-0.05, 0) is 46.8 Å². The Morgan fingerprint density at radius 1 is 1.19 bits per heavy atom. The number of nitrogens with zero attached hydrogens (tertiary/aromatic N) is 2. The van der Waals surface area contributed by atoms with E-state index < -0.39 is 10.0 Å². The summed E-state index contributed by atoms with van der Waals surface area (Å²) in [6.07, 6.45) is 1.64. The summed E-state index contributed by atoms with van der Waals surface area (Å²) in [5, 5.41) is 9.85. The number of nitrogens with one attached hydrogen (secondary N) is 1. The molecule has 0 saturated heterocycles. The summed E-state index contributed by atoms with van der Waals surface area (Å²) in [6.45, 7) is 0. The lowest BCUT2D eigenvalue weighted by Crippen LogP contribution is -2.26. The number of hydrazone groups is 1. The van der Waals surface area contributed by atoms with E-state index in [0.29, 0.717) is 23.4 Å². The molecule has 31 heavy (non-hydrogen) atoms. The maximum atomic E-state index is 13.2. The van der Waals surface area contributed by atoms with Crippen LogP contribution in [0, 0.1) is 0 Å². The Kier molecular flexibility index (Phi) is 5.79. The highest BCUT2D eigenvalue weighted by atomic mass is 32.2. The molecule has 1 N–H and O–H groups in total. The lowest BCUT2D eigenvalue weighted by atomic mass is 9.98. The molecule has 0 radical (unpaired) electrons.